The third kappa shape index (κ3) is 3.15. The smallest absolute Gasteiger partial charge is 0.258 e. The zero-order valence-electron chi connectivity index (χ0n) is 11.0. The van der Waals surface area contributed by atoms with E-state index < -0.39 is 21.1 Å². The highest BCUT2D eigenvalue weighted by Crippen LogP contribution is 2.26. The first-order chi connectivity index (χ1) is 9.96. The van der Waals surface area contributed by atoms with Crippen molar-refractivity contribution >= 4 is 21.8 Å². The normalized spacial score (nSPS) is 19.7. The number of aliphatic imine (C=N–C) groups is 1. The number of nitrogens with zero attached hydrogens (tertiary/aromatic N) is 3. The summed E-state index contributed by atoms with van der Waals surface area (Å²) in [6.45, 7) is 0.259. The van der Waals surface area contributed by atoms with Gasteiger partial charge in [0.1, 0.15) is 6.17 Å². The molecule has 0 aliphatic carbocycles. The standard InChI is InChI=1S/C12H13N3O5S/c16-9-13-12-3-1-2-8-14(12)21(19,20)11-6-4-10(5-7-11)15(17)18/h4-7,12H,1-3,8H2. The highest BCUT2D eigenvalue weighted by molar-refractivity contribution is 7.89. The van der Waals surface area contributed by atoms with Crippen molar-refractivity contribution in [2.75, 3.05) is 6.54 Å². The molecule has 21 heavy (non-hydrogen) atoms. The number of rotatable bonds is 4. The van der Waals surface area contributed by atoms with Gasteiger partial charge in [0.25, 0.3) is 5.69 Å². The van der Waals surface area contributed by atoms with Crippen molar-refractivity contribution in [2.45, 2.75) is 30.3 Å². The zero-order chi connectivity index (χ0) is 15.5. The Bertz CT molecular complexity index is 679. The van der Waals surface area contributed by atoms with E-state index in [1.807, 2.05) is 0 Å². The number of sulfonamides is 1. The van der Waals surface area contributed by atoms with E-state index in [1.54, 1.807) is 0 Å². The van der Waals surface area contributed by atoms with Crippen LogP contribution in [-0.4, -0.2) is 36.4 Å². The fraction of sp³-hybridized carbons (Fsp3) is 0.417. The first kappa shape index (κ1) is 15.3. The first-order valence-electron chi connectivity index (χ1n) is 6.30. The molecule has 1 saturated heterocycles. The molecule has 0 bridgehead atoms. The van der Waals surface area contributed by atoms with Gasteiger partial charge in [0.05, 0.1) is 9.82 Å². The van der Waals surface area contributed by atoms with Gasteiger partial charge >= 0.3 is 0 Å². The van der Waals surface area contributed by atoms with E-state index in [9.17, 15) is 23.3 Å². The van der Waals surface area contributed by atoms with Gasteiger partial charge < -0.3 is 0 Å². The Morgan fingerprint density at radius 2 is 1.95 bits per heavy atom. The monoisotopic (exact) mass is 311 g/mol. The molecule has 0 aromatic heterocycles. The van der Waals surface area contributed by atoms with Gasteiger partial charge in [0.15, 0.2) is 0 Å². The van der Waals surface area contributed by atoms with E-state index in [1.165, 1.54) is 18.2 Å². The van der Waals surface area contributed by atoms with E-state index >= 15 is 0 Å². The average molecular weight is 311 g/mol. The molecule has 0 N–H and O–H groups in total. The van der Waals surface area contributed by atoms with Crippen molar-refractivity contribution in [3.05, 3.63) is 34.4 Å². The number of isocyanates is 1. The Morgan fingerprint density at radius 1 is 1.29 bits per heavy atom. The number of benzene rings is 1. The summed E-state index contributed by atoms with van der Waals surface area (Å²) < 4.78 is 26.2. The number of carbonyl (C=O) groups excluding carboxylic acids is 1. The van der Waals surface area contributed by atoms with E-state index in [2.05, 4.69) is 4.99 Å². The van der Waals surface area contributed by atoms with Crippen LogP contribution < -0.4 is 0 Å². The van der Waals surface area contributed by atoms with Crippen LogP contribution in [-0.2, 0) is 14.8 Å². The summed E-state index contributed by atoms with van der Waals surface area (Å²) in [4.78, 5) is 23.9. The Morgan fingerprint density at radius 3 is 2.52 bits per heavy atom. The van der Waals surface area contributed by atoms with Crippen LogP contribution in [0.3, 0.4) is 0 Å². The van der Waals surface area contributed by atoms with E-state index in [4.69, 9.17) is 0 Å². The fourth-order valence-corrected chi connectivity index (χ4v) is 3.83. The van der Waals surface area contributed by atoms with E-state index in [0.717, 1.165) is 22.9 Å². The summed E-state index contributed by atoms with van der Waals surface area (Å²) in [5, 5.41) is 10.6. The van der Waals surface area contributed by atoms with Crippen molar-refractivity contribution < 1.29 is 18.1 Å². The molecule has 1 aliphatic heterocycles. The number of nitro benzene ring substituents is 1. The summed E-state index contributed by atoms with van der Waals surface area (Å²) in [5.41, 5.74) is -0.185. The summed E-state index contributed by atoms with van der Waals surface area (Å²) in [5.74, 6) is 0. The van der Waals surface area contributed by atoms with Gasteiger partial charge in [-0.3, -0.25) is 10.1 Å². The maximum absolute atomic E-state index is 12.5. The lowest BCUT2D eigenvalue weighted by Gasteiger charge is -2.30. The Balaban J connectivity index is 2.35. The predicted molar refractivity (Wildman–Crippen MR) is 72.7 cm³/mol. The second-order valence-corrected chi connectivity index (χ2v) is 6.45. The SMILES string of the molecule is O=C=NC1CCCCN1S(=O)(=O)c1ccc([N+](=O)[O-])cc1. The maximum atomic E-state index is 12.5. The molecule has 0 radical (unpaired) electrons. The minimum atomic E-state index is -3.84. The highest BCUT2D eigenvalue weighted by Gasteiger charge is 2.33. The zero-order valence-corrected chi connectivity index (χ0v) is 11.8. The minimum absolute atomic E-state index is 0.0545. The molecule has 1 atom stereocenters. The van der Waals surface area contributed by atoms with Crippen molar-refractivity contribution in [2.24, 2.45) is 4.99 Å². The Kier molecular flexibility index (Phi) is 4.46. The number of nitro groups is 1. The van der Waals surface area contributed by atoms with Crippen molar-refractivity contribution in [1.29, 1.82) is 0 Å². The van der Waals surface area contributed by atoms with Crippen LogP contribution in [0.25, 0.3) is 0 Å². The number of hydrogen-bond donors (Lipinski definition) is 0. The van der Waals surface area contributed by atoms with Gasteiger partial charge in [0, 0.05) is 18.7 Å². The molecule has 1 aromatic carbocycles. The molecular weight excluding hydrogens is 298 g/mol. The van der Waals surface area contributed by atoms with E-state index in [0.29, 0.717) is 12.8 Å². The van der Waals surface area contributed by atoms with Crippen LogP contribution in [0.4, 0.5) is 5.69 Å². The van der Waals surface area contributed by atoms with Gasteiger partial charge in [0.2, 0.25) is 16.1 Å². The summed E-state index contributed by atoms with van der Waals surface area (Å²) >= 11 is 0. The lowest BCUT2D eigenvalue weighted by Crippen LogP contribution is -2.42. The fourth-order valence-electron chi connectivity index (χ4n) is 2.23. The first-order valence-corrected chi connectivity index (χ1v) is 7.74. The summed E-state index contributed by atoms with van der Waals surface area (Å²) in [6, 6.07) is 4.64. The third-order valence-corrected chi connectivity index (χ3v) is 5.19. The van der Waals surface area contributed by atoms with Crippen LogP contribution in [0.2, 0.25) is 0 Å². The number of non-ortho nitro benzene ring substituents is 1. The van der Waals surface area contributed by atoms with Gasteiger partial charge in [-0.05, 0) is 31.4 Å². The van der Waals surface area contributed by atoms with Crippen LogP contribution in [0.1, 0.15) is 19.3 Å². The lowest BCUT2D eigenvalue weighted by molar-refractivity contribution is -0.384. The lowest BCUT2D eigenvalue weighted by atomic mass is 10.1. The van der Waals surface area contributed by atoms with Gasteiger partial charge in [-0.25, -0.2) is 13.2 Å². The molecule has 1 aliphatic rings. The van der Waals surface area contributed by atoms with Gasteiger partial charge in [-0.1, -0.05) is 0 Å². The summed E-state index contributed by atoms with van der Waals surface area (Å²) in [6.07, 6.45) is 2.56. The molecule has 8 nitrogen and oxygen atoms in total. The highest BCUT2D eigenvalue weighted by atomic mass is 32.2. The largest absolute Gasteiger partial charge is 0.269 e. The van der Waals surface area contributed by atoms with Crippen molar-refractivity contribution in [3.8, 4) is 0 Å². The minimum Gasteiger partial charge on any atom is -0.258 e. The van der Waals surface area contributed by atoms with Gasteiger partial charge in [-0.2, -0.15) is 9.30 Å². The maximum Gasteiger partial charge on any atom is 0.269 e. The molecule has 1 heterocycles. The molecule has 9 heteroatoms. The number of hydrogen-bond acceptors (Lipinski definition) is 6. The Labute approximate surface area is 121 Å². The topological polar surface area (TPSA) is 110 Å². The quantitative estimate of drug-likeness (QED) is 0.361. The van der Waals surface area contributed by atoms with Gasteiger partial charge in [-0.15, -0.1) is 0 Å². The molecule has 0 amide bonds. The van der Waals surface area contributed by atoms with Crippen molar-refractivity contribution in [3.63, 3.8) is 0 Å². The van der Waals surface area contributed by atoms with Crippen LogP contribution >= 0.6 is 0 Å². The van der Waals surface area contributed by atoms with Crippen LogP contribution in [0, 0.1) is 10.1 Å². The summed E-state index contributed by atoms with van der Waals surface area (Å²) in [7, 11) is -3.84. The second kappa shape index (κ2) is 6.13. The molecule has 112 valence electrons. The molecule has 0 spiro atoms. The molecule has 1 aromatic rings. The molecular formula is C12H13N3O5S. The molecule has 1 fully saturated rings. The van der Waals surface area contributed by atoms with Crippen LogP contribution in [0.15, 0.2) is 34.2 Å². The third-order valence-electron chi connectivity index (χ3n) is 3.28. The molecule has 0 saturated carbocycles. The predicted octanol–water partition coefficient (Wildman–Crippen LogP) is 1.43. The molecule has 2 rings (SSSR count). The second-order valence-electron chi connectivity index (χ2n) is 4.56. The Hall–Kier alpha value is -2.09. The molecule has 1 unspecified atom stereocenters. The number of piperidine rings is 1. The average Bonchev–Trinajstić information content (AvgIpc) is 2.48. The van der Waals surface area contributed by atoms with Crippen molar-refractivity contribution in [1.82, 2.24) is 4.31 Å². The van der Waals surface area contributed by atoms with E-state index in [-0.39, 0.29) is 17.1 Å². The van der Waals surface area contributed by atoms with Crippen LogP contribution in [0.5, 0.6) is 0 Å².